The van der Waals surface area contributed by atoms with Gasteiger partial charge in [0.05, 0.1) is 5.69 Å². The van der Waals surface area contributed by atoms with Crippen molar-refractivity contribution in [1.82, 2.24) is 9.97 Å². The number of H-pyrrole nitrogens is 1. The molecule has 1 aliphatic rings. The van der Waals surface area contributed by atoms with E-state index in [1.165, 1.54) is 11.1 Å². The largest absolute Gasteiger partial charge is 0.370 e. The van der Waals surface area contributed by atoms with Crippen LogP contribution in [0.2, 0.25) is 0 Å². The Kier molecular flexibility index (Phi) is 6.85. The first kappa shape index (κ1) is 22.1. The lowest BCUT2D eigenvalue weighted by molar-refractivity contribution is 0.0971. The number of aromatic amines is 1. The Labute approximate surface area is 201 Å². The predicted octanol–water partition coefficient (Wildman–Crippen LogP) is 6.62. The van der Waals surface area contributed by atoms with Crippen LogP contribution in [-0.4, -0.2) is 22.3 Å². The number of nitrogens with zero attached hydrogens (tertiary/aromatic N) is 1. The van der Waals surface area contributed by atoms with Crippen molar-refractivity contribution in [2.75, 3.05) is 11.9 Å². The van der Waals surface area contributed by atoms with Crippen LogP contribution in [0.25, 0.3) is 11.3 Å². The fourth-order valence-corrected chi connectivity index (χ4v) is 4.89. The van der Waals surface area contributed by atoms with E-state index in [0.29, 0.717) is 6.42 Å². The number of Topliss-reactive ketones (excluding diaryl/α,β-unsaturated/α-hetero) is 1. The van der Waals surface area contributed by atoms with Crippen LogP contribution in [-0.2, 0) is 19.3 Å². The molecule has 2 N–H and O–H groups in total. The van der Waals surface area contributed by atoms with Crippen LogP contribution in [0, 0.1) is 0 Å². The molecular formula is C30H31N3O. The van der Waals surface area contributed by atoms with E-state index in [2.05, 4.69) is 75.9 Å². The summed E-state index contributed by atoms with van der Waals surface area (Å²) in [6.45, 7) is 0.889. The average molecular weight is 450 g/mol. The van der Waals surface area contributed by atoms with Gasteiger partial charge in [-0.3, -0.25) is 4.79 Å². The average Bonchev–Trinajstić information content (AvgIpc) is 3.25. The van der Waals surface area contributed by atoms with E-state index in [1.54, 1.807) is 0 Å². The molecule has 1 aliphatic carbocycles. The monoisotopic (exact) mass is 449 g/mol. The minimum atomic E-state index is 0.264. The number of fused-ring (bicyclic) bond motifs is 1. The number of hydrogen-bond acceptors (Lipinski definition) is 3. The summed E-state index contributed by atoms with van der Waals surface area (Å²) < 4.78 is 0. The van der Waals surface area contributed by atoms with E-state index in [9.17, 15) is 4.79 Å². The summed E-state index contributed by atoms with van der Waals surface area (Å²) in [5.41, 5.74) is 7.86. The quantitative estimate of drug-likeness (QED) is 0.282. The van der Waals surface area contributed by atoms with Gasteiger partial charge < -0.3 is 10.3 Å². The third kappa shape index (κ3) is 5.12. The molecule has 34 heavy (non-hydrogen) atoms. The fourth-order valence-electron chi connectivity index (χ4n) is 4.89. The summed E-state index contributed by atoms with van der Waals surface area (Å²) in [5.74, 6) is 1.14. The number of ketones is 1. The molecule has 5 rings (SSSR count). The van der Waals surface area contributed by atoms with Gasteiger partial charge in [-0.05, 0) is 60.9 Å². The Morgan fingerprint density at radius 3 is 2.44 bits per heavy atom. The topological polar surface area (TPSA) is 57.8 Å². The number of nitrogens with one attached hydrogen (secondary N) is 2. The maximum Gasteiger partial charge on any atom is 0.165 e. The van der Waals surface area contributed by atoms with Crippen molar-refractivity contribution in [2.24, 2.45) is 0 Å². The number of rotatable bonds is 9. The highest BCUT2D eigenvalue weighted by atomic mass is 16.1. The summed E-state index contributed by atoms with van der Waals surface area (Å²) in [6.07, 6.45) is 8.42. The third-order valence-electron chi connectivity index (χ3n) is 6.60. The third-order valence-corrected chi connectivity index (χ3v) is 6.60. The molecule has 172 valence electrons. The number of aryl methyl sites for hydroxylation is 2. The Balaban J connectivity index is 1.32. The van der Waals surface area contributed by atoms with Crippen molar-refractivity contribution in [1.29, 1.82) is 0 Å². The molecule has 2 aromatic carbocycles. The van der Waals surface area contributed by atoms with E-state index >= 15 is 0 Å². The van der Waals surface area contributed by atoms with Crippen LogP contribution in [0.1, 0.15) is 58.4 Å². The van der Waals surface area contributed by atoms with Crippen molar-refractivity contribution in [3.63, 3.8) is 0 Å². The standard InChI is InChI=1S/C30H31N3O/c34-27-16-9-15-26-29(27)25(20-23-13-5-2-6-14-23)30(33-26)24-17-19-32-28(21-24)31-18-8-7-12-22-10-3-1-4-11-22/h1-6,10-11,13-14,17,19,21,33H,7-9,12,15-16,18,20H2,(H,31,32). The maximum atomic E-state index is 12.9. The van der Waals surface area contributed by atoms with Gasteiger partial charge in [-0.2, -0.15) is 0 Å². The number of unbranched alkanes of at least 4 members (excludes halogenated alkanes) is 1. The number of carbonyl (C=O) groups is 1. The maximum absolute atomic E-state index is 12.9. The molecule has 0 spiro atoms. The minimum Gasteiger partial charge on any atom is -0.370 e. The molecule has 4 nitrogen and oxygen atoms in total. The number of carbonyl (C=O) groups excluding carboxylic acids is 1. The zero-order chi connectivity index (χ0) is 23.2. The first-order valence-electron chi connectivity index (χ1n) is 12.3. The van der Waals surface area contributed by atoms with Crippen molar-refractivity contribution < 1.29 is 4.79 Å². The van der Waals surface area contributed by atoms with E-state index in [4.69, 9.17) is 0 Å². The Bertz CT molecular complexity index is 1240. The normalized spacial score (nSPS) is 13.0. The first-order valence-corrected chi connectivity index (χ1v) is 12.3. The van der Waals surface area contributed by atoms with Crippen LogP contribution in [0.5, 0.6) is 0 Å². The van der Waals surface area contributed by atoms with E-state index in [1.807, 2.05) is 18.3 Å². The minimum absolute atomic E-state index is 0.264. The number of pyridine rings is 1. The predicted molar refractivity (Wildman–Crippen MR) is 138 cm³/mol. The van der Waals surface area contributed by atoms with Gasteiger partial charge in [0, 0.05) is 42.4 Å². The Morgan fingerprint density at radius 2 is 1.65 bits per heavy atom. The van der Waals surface area contributed by atoms with Crippen molar-refractivity contribution >= 4 is 11.6 Å². The highest BCUT2D eigenvalue weighted by molar-refractivity contribution is 6.01. The molecule has 0 unspecified atom stereocenters. The highest BCUT2D eigenvalue weighted by Gasteiger charge is 2.26. The molecule has 0 amide bonds. The zero-order valence-corrected chi connectivity index (χ0v) is 19.5. The van der Waals surface area contributed by atoms with Gasteiger partial charge in [-0.25, -0.2) is 4.98 Å². The summed E-state index contributed by atoms with van der Waals surface area (Å²) in [5, 5.41) is 3.49. The van der Waals surface area contributed by atoms with E-state index in [-0.39, 0.29) is 5.78 Å². The van der Waals surface area contributed by atoms with E-state index in [0.717, 1.165) is 79.0 Å². The molecule has 0 fully saturated rings. The van der Waals surface area contributed by atoms with Crippen LogP contribution in [0.4, 0.5) is 5.82 Å². The second-order valence-corrected chi connectivity index (χ2v) is 9.07. The highest BCUT2D eigenvalue weighted by Crippen LogP contribution is 2.35. The van der Waals surface area contributed by atoms with Gasteiger partial charge in [0.1, 0.15) is 5.82 Å². The lowest BCUT2D eigenvalue weighted by Gasteiger charge is -2.12. The molecule has 0 radical (unpaired) electrons. The van der Waals surface area contributed by atoms with Crippen molar-refractivity contribution in [2.45, 2.75) is 44.9 Å². The van der Waals surface area contributed by atoms with Gasteiger partial charge in [-0.1, -0.05) is 60.7 Å². The Hall–Kier alpha value is -3.66. The zero-order valence-electron chi connectivity index (χ0n) is 19.5. The summed E-state index contributed by atoms with van der Waals surface area (Å²) in [4.78, 5) is 21.0. The molecule has 0 saturated carbocycles. The molecule has 2 heterocycles. The molecule has 2 aromatic heterocycles. The second kappa shape index (κ2) is 10.5. The van der Waals surface area contributed by atoms with Crippen LogP contribution < -0.4 is 5.32 Å². The van der Waals surface area contributed by atoms with Crippen molar-refractivity contribution in [3.8, 4) is 11.3 Å². The molecule has 0 aliphatic heterocycles. The number of hydrogen-bond donors (Lipinski definition) is 2. The number of anilines is 1. The van der Waals surface area contributed by atoms with Crippen LogP contribution in [0.15, 0.2) is 79.0 Å². The van der Waals surface area contributed by atoms with Gasteiger partial charge in [0.15, 0.2) is 5.78 Å². The SMILES string of the molecule is O=C1CCCc2[nH]c(-c3ccnc(NCCCCc4ccccc4)c3)c(Cc3ccccc3)c21. The van der Waals surface area contributed by atoms with E-state index < -0.39 is 0 Å². The summed E-state index contributed by atoms with van der Waals surface area (Å²) >= 11 is 0. The van der Waals surface area contributed by atoms with Gasteiger partial charge in [0.2, 0.25) is 0 Å². The van der Waals surface area contributed by atoms with Crippen LogP contribution >= 0.6 is 0 Å². The second-order valence-electron chi connectivity index (χ2n) is 9.07. The summed E-state index contributed by atoms with van der Waals surface area (Å²) in [7, 11) is 0. The van der Waals surface area contributed by atoms with Crippen molar-refractivity contribution in [3.05, 3.63) is 107 Å². The molecular weight excluding hydrogens is 418 g/mol. The fraction of sp³-hybridized carbons (Fsp3) is 0.267. The molecule has 0 atom stereocenters. The molecule has 4 aromatic rings. The van der Waals surface area contributed by atoms with Gasteiger partial charge in [-0.15, -0.1) is 0 Å². The van der Waals surface area contributed by atoms with Gasteiger partial charge >= 0.3 is 0 Å². The first-order chi connectivity index (χ1) is 16.8. The lowest BCUT2D eigenvalue weighted by atomic mass is 9.90. The number of aromatic nitrogens is 2. The van der Waals surface area contributed by atoms with Crippen LogP contribution in [0.3, 0.4) is 0 Å². The molecule has 0 bridgehead atoms. The van der Waals surface area contributed by atoms with Gasteiger partial charge in [0.25, 0.3) is 0 Å². The lowest BCUT2D eigenvalue weighted by Crippen LogP contribution is -2.11. The number of benzene rings is 2. The molecule has 0 saturated heterocycles. The molecule has 4 heteroatoms. The Morgan fingerprint density at radius 1 is 0.882 bits per heavy atom. The summed E-state index contributed by atoms with van der Waals surface area (Å²) in [6, 6.07) is 25.2. The smallest absolute Gasteiger partial charge is 0.165 e.